The van der Waals surface area contributed by atoms with Gasteiger partial charge in [0.2, 0.25) is 0 Å². The summed E-state index contributed by atoms with van der Waals surface area (Å²) in [7, 11) is 0. The molecule has 3 unspecified atom stereocenters. The van der Waals surface area contributed by atoms with Crippen LogP contribution in [-0.4, -0.2) is 33.3 Å². The fourth-order valence-electron chi connectivity index (χ4n) is 1.91. The predicted molar refractivity (Wildman–Crippen MR) is 66.5 cm³/mol. The highest BCUT2D eigenvalue weighted by Gasteiger charge is 2.47. The molecule has 0 aromatic carbocycles. The Bertz CT molecular complexity index is 272. The lowest BCUT2D eigenvalue weighted by atomic mass is 9.84. The molecule has 0 aliphatic carbocycles. The zero-order valence-corrected chi connectivity index (χ0v) is 11.6. The van der Waals surface area contributed by atoms with Crippen LogP contribution in [0.5, 0.6) is 0 Å². The van der Waals surface area contributed by atoms with E-state index in [0.717, 1.165) is 5.75 Å². The van der Waals surface area contributed by atoms with Crippen LogP contribution in [0.3, 0.4) is 0 Å². The summed E-state index contributed by atoms with van der Waals surface area (Å²) in [5.74, 6) is 0.145. The fourth-order valence-corrected chi connectivity index (χ4v) is 3.32. The van der Waals surface area contributed by atoms with Gasteiger partial charge in [0.1, 0.15) is 5.60 Å². The van der Waals surface area contributed by atoms with Crippen LogP contribution >= 0.6 is 11.8 Å². The Labute approximate surface area is 102 Å². The number of hydrogen-bond acceptors (Lipinski definition) is 4. The maximum absolute atomic E-state index is 11.9. The molecule has 1 N–H and O–H groups in total. The molecule has 0 bridgehead atoms. The van der Waals surface area contributed by atoms with Crippen LogP contribution in [0.25, 0.3) is 0 Å². The second kappa shape index (κ2) is 4.57. The van der Waals surface area contributed by atoms with Gasteiger partial charge in [-0.3, -0.25) is 4.79 Å². The Hall–Kier alpha value is -0.220. The highest BCUT2D eigenvalue weighted by atomic mass is 32.2. The van der Waals surface area contributed by atoms with E-state index in [1.54, 1.807) is 18.7 Å². The number of aliphatic hydroxyl groups is 1. The summed E-state index contributed by atoms with van der Waals surface area (Å²) in [6, 6.07) is 0. The van der Waals surface area contributed by atoms with Gasteiger partial charge >= 0.3 is 5.97 Å². The van der Waals surface area contributed by atoms with Crippen molar-refractivity contribution in [3.63, 3.8) is 0 Å². The highest BCUT2D eigenvalue weighted by molar-refractivity contribution is 8.00. The van der Waals surface area contributed by atoms with Gasteiger partial charge < -0.3 is 9.84 Å². The van der Waals surface area contributed by atoms with E-state index in [4.69, 9.17) is 4.74 Å². The first kappa shape index (κ1) is 13.8. The molecule has 0 saturated carbocycles. The average Bonchev–Trinajstić information content (AvgIpc) is 2.44. The molecule has 1 rings (SSSR count). The number of rotatable bonds is 2. The summed E-state index contributed by atoms with van der Waals surface area (Å²) in [6.07, 6.45) is 0.666. The van der Waals surface area contributed by atoms with Crippen molar-refractivity contribution in [2.75, 3.05) is 5.75 Å². The first-order valence-corrected chi connectivity index (χ1v) is 6.78. The first-order chi connectivity index (χ1) is 7.17. The molecule has 1 saturated heterocycles. The molecular formula is C12H22O3S. The lowest BCUT2D eigenvalue weighted by molar-refractivity contribution is -0.168. The molecule has 3 nitrogen and oxygen atoms in total. The lowest BCUT2D eigenvalue weighted by Crippen LogP contribution is -2.47. The molecule has 16 heavy (non-hydrogen) atoms. The largest absolute Gasteiger partial charge is 0.460 e. The van der Waals surface area contributed by atoms with E-state index in [-0.39, 0.29) is 11.2 Å². The molecule has 0 amide bonds. The van der Waals surface area contributed by atoms with Gasteiger partial charge in [-0.25, -0.2) is 0 Å². The minimum atomic E-state index is -0.910. The normalized spacial score (nSPS) is 32.5. The standard InChI is InChI=1S/C12H22O3S/c1-8(10(13)15-11(3,4)5)12(14)6-7-16-9(12)2/h8-9,14H,6-7H2,1-5H3. The Kier molecular flexibility index (Phi) is 3.95. The van der Waals surface area contributed by atoms with E-state index in [0.29, 0.717) is 6.42 Å². The third-order valence-electron chi connectivity index (χ3n) is 3.08. The Morgan fingerprint density at radius 1 is 1.56 bits per heavy atom. The van der Waals surface area contributed by atoms with Crippen LogP contribution in [0, 0.1) is 5.92 Å². The number of carbonyl (C=O) groups excluding carboxylic acids is 1. The van der Waals surface area contributed by atoms with Gasteiger partial charge in [0.05, 0.1) is 11.5 Å². The number of esters is 1. The van der Waals surface area contributed by atoms with Crippen molar-refractivity contribution in [3.05, 3.63) is 0 Å². The third-order valence-corrected chi connectivity index (χ3v) is 4.43. The number of thioether (sulfide) groups is 1. The first-order valence-electron chi connectivity index (χ1n) is 5.73. The number of carbonyl (C=O) groups is 1. The van der Waals surface area contributed by atoms with Gasteiger partial charge in [-0.15, -0.1) is 0 Å². The summed E-state index contributed by atoms with van der Waals surface area (Å²) in [6.45, 7) is 9.26. The molecule has 0 spiro atoms. The van der Waals surface area contributed by atoms with Crippen LogP contribution in [0.2, 0.25) is 0 Å². The summed E-state index contributed by atoms with van der Waals surface area (Å²) in [4.78, 5) is 11.9. The zero-order chi connectivity index (χ0) is 12.6. The summed E-state index contributed by atoms with van der Waals surface area (Å²) >= 11 is 1.71. The number of hydrogen-bond donors (Lipinski definition) is 1. The predicted octanol–water partition coefficient (Wildman–Crippen LogP) is 2.22. The summed E-state index contributed by atoms with van der Waals surface area (Å²) in [5, 5.41) is 10.6. The molecular weight excluding hydrogens is 224 g/mol. The quantitative estimate of drug-likeness (QED) is 0.759. The van der Waals surface area contributed by atoms with Crippen LogP contribution in [0.15, 0.2) is 0 Å². The molecule has 4 heteroatoms. The summed E-state index contributed by atoms with van der Waals surface area (Å²) in [5.41, 5.74) is -1.40. The second-order valence-electron chi connectivity index (χ2n) is 5.51. The summed E-state index contributed by atoms with van der Waals surface area (Å²) < 4.78 is 5.32. The van der Waals surface area contributed by atoms with Crippen molar-refractivity contribution in [1.29, 1.82) is 0 Å². The zero-order valence-electron chi connectivity index (χ0n) is 10.7. The van der Waals surface area contributed by atoms with Gasteiger partial charge in [-0.1, -0.05) is 6.92 Å². The van der Waals surface area contributed by atoms with Crippen molar-refractivity contribution in [3.8, 4) is 0 Å². The molecule has 0 radical (unpaired) electrons. The van der Waals surface area contributed by atoms with E-state index in [9.17, 15) is 9.90 Å². The molecule has 0 aromatic rings. The highest BCUT2D eigenvalue weighted by Crippen LogP contribution is 2.41. The maximum atomic E-state index is 11.9. The smallest absolute Gasteiger partial charge is 0.312 e. The third kappa shape index (κ3) is 2.92. The maximum Gasteiger partial charge on any atom is 0.312 e. The fraction of sp³-hybridized carbons (Fsp3) is 0.917. The van der Waals surface area contributed by atoms with E-state index in [1.165, 1.54) is 0 Å². The Balaban J connectivity index is 2.70. The molecule has 3 atom stereocenters. The van der Waals surface area contributed by atoms with Crippen molar-refractivity contribution < 1.29 is 14.6 Å². The van der Waals surface area contributed by atoms with E-state index in [1.807, 2.05) is 27.7 Å². The van der Waals surface area contributed by atoms with Crippen LogP contribution < -0.4 is 0 Å². The van der Waals surface area contributed by atoms with Gasteiger partial charge in [0, 0.05) is 5.25 Å². The molecule has 1 aliphatic heterocycles. The molecule has 0 aromatic heterocycles. The van der Waals surface area contributed by atoms with E-state index in [2.05, 4.69) is 0 Å². The molecule has 94 valence electrons. The average molecular weight is 246 g/mol. The SMILES string of the molecule is CC1SCCC1(O)C(C)C(=O)OC(C)(C)C. The van der Waals surface area contributed by atoms with E-state index >= 15 is 0 Å². The Morgan fingerprint density at radius 3 is 2.50 bits per heavy atom. The van der Waals surface area contributed by atoms with Gasteiger partial charge in [-0.05, 0) is 39.9 Å². The van der Waals surface area contributed by atoms with Crippen molar-refractivity contribution in [1.82, 2.24) is 0 Å². The van der Waals surface area contributed by atoms with Crippen molar-refractivity contribution >= 4 is 17.7 Å². The minimum absolute atomic E-state index is 0.0926. The van der Waals surface area contributed by atoms with Gasteiger partial charge in [-0.2, -0.15) is 11.8 Å². The second-order valence-corrected chi connectivity index (χ2v) is 6.96. The molecule has 1 fully saturated rings. The van der Waals surface area contributed by atoms with Crippen molar-refractivity contribution in [2.24, 2.45) is 5.92 Å². The topological polar surface area (TPSA) is 46.5 Å². The lowest BCUT2D eigenvalue weighted by Gasteiger charge is -2.33. The van der Waals surface area contributed by atoms with E-state index < -0.39 is 17.1 Å². The van der Waals surface area contributed by atoms with Crippen LogP contribution in [0.1, 0.15) is 41.0 Å². The number of ether oxygens (including phenoxy) is 1. The van der Waals surface area contributed by atoms with Crippen LogP contribution in [0.4, 0.5) is 0 Å². The molecule has 1 aliphatic rings. The molecule has 1 heterocycles. The Morgan fingerprint density at radius 2 is 2.12 bits per heavy atom. The monoisotopic (exact) mass is 246 g/mol. The van der Waals surface area contributed by atoms with Crippen molar-refractivity contribution in [2.45, 2.75) is 57.5 Å². The van der Waals surface area contributed by atoms with Gasteiger partial charge in [0.15, 0.2) is 0 Å². The minimum Gasteiger partial charge on any atom is -0.460 e. The van der Waals surface area contributed by atoms with Crippen LogP contribution in [-0.2, 0) is 9.53 Å². The van der Waals surface area contributed by atoms with Gasteiger partial charge in [0.25, 0.3) is 0 Å².